The van der Waals surface area contributed by atoms with Crippen LogP contribution in [0.2, 0.25) is 0 Å². The van der Waals surface area contributed by atoms with Crippen molar-refractivity contribution in [2.24, 2.45) is 0 Å². The Bertz CT molecular complexity index is 1680. The standard InChI is InChI=1S/C29H22F6N2O3S/c1-36(15-16-12-18(28(30,31)32)14-19(13-16)29(33,34)35)26(38)24-23(17-6-8-20(40-2)9-7-17)21-4-3-5-22-25(21)37(27(24)39)10-11-41-22/h3-9,12-14H,10-11,15H2,1-2H3. The van der Waals surface area contributed by atoms with Gasteiger partial charge in [-0.05, 0) is 47.5 Å². The number of benzene rings is 3. The van der Waals surface area contributed by atoms with E-state index < -0.39 is 41.5 Å². The number of aryl methyl sites for hydroxylation is 1. The number of para-hydroxylation sites is 1. The number of aromatic nitrogens is 1. The molecule has 0 saturated carbocycles. The van der Waals surface area contributed by atoms with Gasteiger partial charge in [0.15, 0.2) is 0 Å². The lowest BCUT2D eigenvalue weighted by Gasteiger charge is -2.25. The second-order valence-electron chi connectivity index (χ2n) is 9.51. The molecule has 1 aliphatic heterocycles. The van der Waals surface area contributed by atoms with Crippen LogP contribution in [-0.2, 0) is 25.4 Å². The summed E-state index contributed by atoms with van der Waals surface area (Å²) in [7, 11) is 2.72. The maximum atomic E-state index is 13.9. The molecule has 0 bridgehead atoms. The number of carbonyl (C=O) groups excluding carboxylic acids is 1. The average Bonchev–Trinajstić information content (AvgIpc) is 2.93. The van der Waals surface area contributed by atoms with Gasteiger partial charge < -0.3 is 14.2 Å². The van der Waals surface area contributed by atoms with Crippen molar-refractivity contribution in [2.45, 2.75) is 30.3 Å². The monoisotopic (exact) mass is 592 g/mol. The molecule has 12 heteroatoms. The van der Waals surface area contributed by atoms with E-state index >= 15 is 0 Å². The SMILES string of the molecule is COc1ccc(-c2c(C(=O)N(C)Cc3cc(C(F)(F)F)cc(C(F)(F)F)c3)c(=O)n3c4c(cccc24)SCC3)cc1. The summed E-state index contributed by atoms with van der Waals surface area (Å²) in [4.78, 5) is 29.6. The first-order valence-electron chi connectivity index (χ1n) is 12.3. The van der Waals surface area contributed by atoms with Gasteiger partial charge in [0, 0.05) is 41.7 Å². The molecule has 0 aliphatic carbocycles. The summed E-state index contributed by atoms with van der Waals surface area (Å²) in [5.41, 5.74) is -2.65. The van der Waals surface area contributed by atoms with E-state index in [1.54, 1.807) is 48.2 Å². The third kappa shape index (κ3) is 5.40. The first kappa shape index (κ1) is 28.6. The van der Waals surface area contributed by atoms with Crippen molar-refractivity contribution in [3.05, 3.63) is 93.3 Å². The van der Waals surface area contributed by atoms with Gasteiger partial charge in [-0.2, -0.15) is 26.3 Å². The van der Waals surface area contributed by atoms with Crippen LogP contribution >= 0.6 is 11.8 Å². The summed E-state index contributed by atoms with van der Waals surface area (Å²) in [6.45, 7) is -0.270. The van der Waals surface area contributed by atoms with E-state index in [-0.39, 0.29) is 17.2 Å². The minimum atomic E-state index is -5.03. The number of rotatable bonds is 5. The quantitative estimate of drug-likeness (QED) is 0.232. The smallest absolute Gasteiger partial charge is 0.416 e. The maximum absolute atomic E-state index is 13.9. The number of nitrogens with zero attached hydrogens (tertiary/aromatic N) is 2. The maximum Gasteiger partial charge on any atom is 0.416 e. The molecule has 1 amide bonds. The number of hydrogen-bond donors (Lipinski definition) is 0. The van der Waals surface area contributed by atoms with E-state index in [9.17, 15) is 35.9 Å². The lowest BCUT2D eigenvalue weighted by Crippen LogP contribution is -2.36. The second kappa shape index (κ2) is 10.5. The molecule has 5 nitrogen and oxygen atoms in total. The van der Waals surface area contributed by atoms with E-state index in [1.807, 2.05) is 6.07 Å². The highest BCUT2D eigenvalue weighted by Crippen LogP contribution is 2.39. The van der Waals surface area contributed by atoms with E-state index in [2.05, 4.69) is 0 Å². The first-order valence-corrected chi connectivity index (χ1v) is 13.3. The molecule has 1 aromatic heterocycles. The Labute approximate surface area is 234 Å². The number of ether oxygens (including phenoxy) is 1. The lowest BCUT2D eigenvalue weighted by molar-refractivity contribution is -0.143. The van der Waals surface area contributed by atoms with Crippen LogP contribution in [0.15, 0.2) is 70.4 Å². The molecular formula is C29H22F6N2O3S. The molecule has 0 atom stereocenters. The fourth-order valence-electron chi connectivity index (χ4n) is 4.96. The Kier molecular flexibility index (Phi) is 7.31. The minimum Gasteiger partial charge on any atom is -0.497 e. The molecule has 0 fully saturated rings. The van der Waals surface area contributed by atoms with Gasteiger partial charge in [-0.1, -0.05) is 24.3 Å². The summed E-state index contributed by atoms with van der Waals surface area (Å²) in [6, 6.07) is 13.3. The molecule has 0 unspecified atom stereocenters. The van der Waals surface area contributed by atoms with E-state index in [0.717, 1.165) is 9.80 Å². The van der Waals surface area contributed by atoms with E-state index in [0.29, 0.717) is 52.2 Å². The molecule has 0 spiro atoms. The summed E-state index contributed by atoms with van der Waals surface area (Å²) < 4.78 is 87.2. The van der Waals surface area contributed by atoms with Gasteiger partial charge in [0.25, 0.3) is 11.5 Å². The summed E-state index contributed by atoms with van der Waals surface area (Å²) in [5.74, 6) is 0.293. The van der Waals surface area contributed by atoms with Crippen LogP contribution in [0.5, 0.6) is 5.75 Å². The van der Waals surface area contributed by atoms with Crippen molar-refractivity contribution in [3.8, 4) is 16.9 Å². The lowest BCUT2D eigenvalue weighted by atomic mass is 9.94. The number of alkyl halides is 6. The van der Waals surface area contributed by atoms with Gasteiger partial charge in [0.2, 0.25) is 0 Å². The Hall–Kier alpha value is -3.93. The Morgan fingerprint density at radius 2 is 1.61 bits per heavy atom. The van der Waals surface area contributed by atoms with Gasteiger partial charge in [-0.25, -0.2) is 0 Å². The zero-order valence-electron chi connectivity index (χ0n) is 21.7. The Morgan fingerprint density at radius 1 is 0.976 bits per heavy atom. The summed E-state index contributed by atoms with van der Waals surface area (Å²) >= 11 is 1.57. The fourth-order valence-corrected chi connectivity index (χ4v) is 5.99. The van der Waals surface area contributed by atoms with Crippen LogP contribution in [-0.4, -0.2) is 35.3 Å². The van der Waals surface area contributed by atoms with Gasteiger partial charge in [0.05, 0.1) is 23.8 Å². The number of pyridine rings is 1. The van der Waals surface area contributed by atoms with Crippen LogP contribution < -0.4 is 10.3 Å². The van der Waals surface area contributed by atoms with Crippen molar-refractivity contribution in [1.82, 2.24) is 9.47 Å². The highest BCUT2D eigenvalue weighted by Gasteiger charge is 2.37. The summed E-state index contributed by atoms with van der Waals surface area (Å²) in [5, 5.41) is 0.620. The number of amides is 1. The number of halogens is 6. The van der Waals surface area contributed by atoms with Crippen LogP contribution in [0.1, 0.15) is 27.0 Å². The fraction of sp³-hybridized carbons (Fsp3) is 0.241. The van der Waals surface area contributed by atoms with Gasteiger partial charge in [-0.3, -0.25) is 9.59 Å². The van der Waals surface area contributed by atoms with E-state index in [4.69, 9.17) is 4.74 Å². The number of carbonyl (C=O) groups is 1. The normalized spacial score (nSPS) is 13.4. The molecule has 0 N–H and O–H groups in total. The molecule has 41 heavy (non-hydrogen) atoms. The van der Waals surface area contributed by atoms with Crippen molar-refractivity contribution < 1.29 is 35.9 Å². The third-order valence-electron chi connectivity index (χ3n) is 6.83. The van der Waals surface area contributed by atoms with Crippen molar-refractivity contribution >= 4 is 28.6 Å². The van der Waals surface area contributed by atoms with Gasteiger partial charge in [0.1, 0.15) is 11.3 Å². The van der Waals surface area contributed by atoms with Crippen LogP contribution in [0, 0.1) is 0 Å². The van der Waals surface area contributed by atoms with Crippen LogP contribution in [0.3, 0.4) is 0 Å². The molecular weight excluding hydrogens is 570 g/mol. The predicted molar refractivity (Wildman–Crippen MR) is 143 cm³/mol. The molecule has 0 radical (unpaired) electrons. The number of thioether (sulfide) groups is 1. The minimum absolute atomic E-state index is 0.0309. The average molecular weight is 593 g/mol. The van der Waals surface area contributed by atoms with Crippen LogP contribution in [0.4, 0.5) is 26.3 Å². The third-order valence-corrected chi connectivity index (χ3v) is 7.85. The predicted octanol–water partition coefficient (Wildman–Crippen LogP) is 7.09. The van der Waals surface area contributed by atoms with Crippen molar-refractivity contribution in [1.29, 1.82) is 0 Å². The molecule has 214 valence electrons. The Balaban J connectivity index is 1.66. The molecule has 4 aromatic rings. The van der Waals surface area contributed by atoms with Crippen LogP contribution in [0.25, 0.3) is 22.0 Å². The highest BCUT2D eigenvalue weighted by molar-refractivity contribution is 7.99. The Morgan fingerprint density at radius 3 is 2.20 bits per heavy atom. The molecule has 3 aromatic carbocycles. The molecule has 1 aliphatic rings. The molecule has 5 rings (SSSR count). The molecule has 2 heterocycles. The zero-order valence-corrected chi connectivity index (χ0v) is 22.5. The van der Waals surface area contributed by atoms with Crippen molar-refractivity contribution in [3.63, 3.8) is 0 Å². The number of methoxy groups -OCH3 is 1. The van der Waals surface area contributed by atoms with Gasteiger partial charge >= 0.3 is 12.4 Å². The zero-order chi connectivity index (χ0) is 29.7. The topological polar surface area (TPSA) is 51.5 Å². The highest BCUT2D eigenvalue weighted by atomic mass is 32.2. The van der Waals surface area contributed by atoms with E-state index in [1.165, 1.54) is 18.7 Å². The largest absolute Gasteiger partial charge is 0.497 e. The van der Waals surface area contributed by atoms with Gasteiger partial charge in [-0.15, -0.1) is 11.8 Å². The summed E-state index contributed by atoms with van der Waals surface area (Å²) in [6.07, 6.45) is -10.1. The van der Waals surface area contributed by atoms with Crippen molar-refractivity contribution in [2.75, 3.05) is 19.9 Å². The first-order chi connectivity index (χ1) is 19.3. The second-order valence-corrected chi connectivity index (χ2v) is 10.6. The number of hydrogen-bond acceptors (Lipinski definition) is 4. The molecule has 0 saturated heterocycles.